The molecule has 1 saturated carbocycles. The van der Waals surface area contributed by atoms with Gasteiger partial charge < -0.3 is 5.73 Å². The van der Waals surface area contributed by atoms with Crippen molar-refractivity contribution in [2.24, 2.45) is 5.73 Å². The molecule has 1 aliphatic rings. The highest BCUT2D eigenvalue weighted by molar-refractivity contribution is 7.89. The molecule has 2 N–H and O–H groups in total. The van der Waals surface area contributed by atoms with Gasteiger partial charge in [-0.2, -0.15) is 0 Å². The van der Waals surface area contributed by atoms with Crippen LogP contribution in [0.15, 0.2) is 0 Å². The summed E-state index contributed by atoms with van der Waals surface area (Å²) < 4.78 is 25.6. The lowest BCUT2D eigenvalue weighted by Crippen LogP contribution is -2.44. The molecule has 4 nitrogen and oxygen atoms in total. The Hall–Kier alpha value is -0.130. The van der Waals surface area contributed by atoms with Gasteiger partial charge in [0.1, 0.15) is 0 Å². The van der Waals surface area contributed by atoms with Crippen LogP contribution in [-0.2, 0) is 10.0 Å². The van der Waals surface area contributed by atoms with Crippen molar-refractivity contribution in [1.29, 1.82) is 0 Å². The number of sulfonamides is 1. The van der Waals surface area contributed by atoms with E-state index in [4.69, 9.17) is 5.73 Å². The second-order valence-corrected chi connectivity index (χ2v) is 6.81. The van der Waals surface area contributed by atoms with Gasteiger partial charge in [0, 0.05) is 19.6 Å². The summed E-state index contributed by atoms with van der Waals surface area (Å²) >= 11 is 0. The van der Waals surface area contributed by atoms with Crippen LogP contribution in [0.5, 0.6) is 0 Å². The van der Waals surface area contributed by atoms with Crippen molar-refractivity contribution in [1.82, 2.24) is 4.31 Å². The van der Waals surface area contributed by atoms with Gasteiger partial charge in [-0.05, 0) is 19.8 Å². The molecular formula is C10H22N2O2S. The van der Waals surface area contributed by atoms with Gasteiger partial charge in [0.25, 0.3) is 0 Å². The average molecular weight is 234 g/mol. The molecule has 1 aliphatic carbocycles. The zero-order chi connectivity index (χ0) is 11.5. The summed E-state index contributed by atoms with van der Waals surface area (Å²) in [5.41, 5.74) is 5.42. The fraction of sp³-hybridized carbons (Fsp3) is 1.00. The Morgan fingerprint density at radius 1 is 1.33 bits per heavy atom. The molecular weight excluding hydrogens is 212 g/mol. The van der Waals surface area contributed by atoms with Gasteiger partial charge in [-0.3, -0.25) is 0 Å². The zero-order valence-electron chi connectivity index (χ0n) is 9.65. The lowest BCUT2D eigenvalue weighted by Gasteiger charge is -2.32. The Labute approximate surface area is 92.9 Å². The maximum absolute atomic E-state index is 12.0. The Bertz CT molecular complexity index is 284. The van der Waals surface area contributed by atoms with Gasteiger partial charge in [0.05, 0.1) is 5.25 Å². The van der Waals surface area contributed by atoms with Crippen LogP contribution in [0.2, 0.25) is 0 Å². The molecule has 0 bridgehead atoms. The first kappa shape index (κ1) is 12.9. The molecule has 5 heteroatoms. The lowest BCUT2D eigenvalue weighted by molar-refractivity contribution is 0.284. The van der Waals surface area contributed by atoms with Gasteiger partial charge in [-0.25, -0.2) is 12.7 Å². The Morgan fingerprint density at radius 2 is 1.87 bits per heavy atom. The van der Waals surface area contributed by atoms with Gasteiger partial charge in [0.15, 0.2) is 0 Å². The highest BCUT2D eigenvalue weighted by atomic mass is 32.2. The number of hydrogen-bond donors (Lipinski definition) is 1. The topological polar surface area (TPSA) is 63.4 Å². The molecule has 0 heterocycles. The summed E-state index contributed by atoms with van der Waals surface area (Å²) in [4.78, 5) is 0. The van der Waals surface area contributed by atoms with E-state index < -0.39 is 15.3 Å². The third-order valence-corrected chi connectivity index (χ3v) is 5.64. The van der Waals surface area contributed by atoms with Crippen LogP contribution in [0.25, 0.3) is 0 Å². The summed E-state index contributed by atoms with van der Waals surface area (Å²) in [6, 6.07) is 0.192. The fourth-order valence-electron chi connectivity index (χ4n) is 2.06. The van der Waals surface area contributed by atoms with Crippen molar-refractivity contribution in [2.45, 2.75) is 50.3 Å². The summed E-state index contributed by atoms with van der Waals surface area (Å²) in [6.45, 7) is 1.87. The monoisotopic (exact) mass is 234 g/mol. The lowest BCUT2D eigenvalue weighted by atomic mass is 9.96. The molecule has 0 radical (unpaired) electrons. The predicted octanol–water partition coefficient (Wildman–Crippen LogP) is 0.928. The van der Waals surface area contributed by atoms with Crippen molar-refractivity contribution in [3.63, 3.8) is 0 Å². The van der Waals surface area contributed by atoms with E-state index in [1.54, 1.807) is 18.3 Å². The summed E-state index contributed by atoms with van der Waals surface area (Å²) in [5.74, 6) is 0. The van der Waals surface area contributed by atoms with Crippen LogP contribution < -0.4 is 5.73 Å². The first-order valence-corrected chi connectivity index (χ1v) is 7.17. The molecule has 90 valence electrons. The van der Waals surface area contributed by atoms with Gasteiger partial charge in [0.2, 0.25) is 10.0 Å². The first-order chi connectivity index (χ1) is 7.00. The standard InChI is InChI=1S/C10H22N2O2S/c1-9(8-11)15(13,14)12(2)10-6-4-3-5-7-10/h9-10H,3-8,11H2,1-2H3. The van der Waals surface area contributed by atoms with Crippen LogP contribution in [-0.4, -0.2) is 37.6 Å². The largest absolute Gasteiger partial charge is 0.329 e. The second kappa shape index (κ2) is 5.27. The molecule has 1 rings (SSSR count). The molecule has 0 amide bonds. The molecule has 0 spiro atoms. The maximum atomic E-state index is 12.0. The summed E-state index contributed by atoms with van der Waals surface area (Å²) in [5, 5.41) is -0.468. The Kier molecular flexibility index (Phi) is 4.55. The molecule has 0 aromatic rings. The first-order valence-electron chi connectivity index (χ1n) is 5.67. The molecule has 0 aliphatic heterocycles. The molecule has 1 unspecified atom stereocenters. The van der Waals surface area contributed by atoms with Crippen molar-refractivity contribution < 1.29 is 8.42 Å². The third kappa shape index (κ3) is 2.92. The Morgan fingerprint density at radius 3 is 2.33 bits per heavy atom. The molecule has 0 aromatic carbocycles. The van der Waals surface area contributed by atoms with Gasteiger partial charge >= 0.3 is 0 Å². The van der Waals surface area contributed by atoms with Crippen molar-refractivity contribution >= 4 is 10.0 Å². The summed E-state index contributed by atoms with van der Waals surface area (Å²) in [6.07, 6.45) is 5.50. The normalized spacial score (nSPS) is 21.9. The molecule has 1 fully saturated rings. The third-order valence-electron chi connectivity index (χ3n) is 3.33. The zero-order valence-corrected chi connectivity index (χ0v) is 10.5. The van der Waals surface area contributed by atoms with E-state index in [0.29, 0.717) is 0 Å². The Balaban J connectivity index is 2.69. The second-order valence-electron chi connectivity index (χ2n) is 4.40. The minimum Gasteiger partial charge on any atom is -0.329 e. The predicted molar refractivity (Wildman–Crippen MR) is 62.1 cm³/mol. The van der Waals surface area contributed by atoms with E-state index in [2.05, 4.69) is 0 Å². The number of hydrogen-bond acceptors (Lipinski definition) is 3. The molecule has 0 aromatic heterocycles. The number of nitrogens with zero attached hydrogens (tertiary/aromatic N) is 1. The van der Waals surface area contributed by atoms with E-state index in [1.165, 1.54) is 6.42 Å². The minimum atomic E-state index is -3.18. The van der Waals surface area contributed by atoms with Crippen LogP contribution in [0.1, 0.15) is 39.0 Å². The minimum absolute atomic E-state index is 0.192. The molecule has 0 saturated heterocycles. The van der Waals surface area contributed by atoms with Crippen molar-refractivity contribution in [3.05, 3.63) is 0 Å². The van der Waals surface area contributed by atoms with E-state index in [0.717, 1.165) is 25.7 Å². The number of nitrogens with two attached hydrogens (primary N) is 1. The SMILES string of the molecule is CC(CN)S(=O)(=O)N(C)C1CCCCC1. The van der Waals surface area contributed by atoms with Gasteiger partial charge in [-0.15, -0.1) is 0 Å². The summed E-state index contributed by atoms with van der Waals surface area (Å²) in [7, 11) is -1.49. The number of rotatable bonds is 4. The fourth-order valence-corrected chi connectivity index (χ4v) is 3.50. The van der Waals surface area contributed by atoms with Crippen LogP contribution >= 0.6 is 0 Å². The average Bonchev–Trinajstić information content (AvgIpc) is 2.28. The van der Waals surface area contributed by atoms with Crippen molar-refractivity contribution in [3.8, 4) is 0 Å². The van der Waals surface area contributed by atoms with Crippen molar-refractivity contribution in [2.75, 3.05) is 13.6 Å². The smallest absolute Gasteiger partial charge is 0.217 e. The van der Waals surface area contributed by atoms with Crippen LogP contribution in [0.4, 0.5) is 0 Å². The maximum Gasteiger partial charge on any atom is 0.217 e. The molecule has 15 heavy (non-hydrogen) atoms. The van der Waals surface area contributed by atoms with E-state index >= 15 is 0 Å². The highest BCUT2D eigenvalue weighted by Crippen LogP contribution is 2.24. The van der Waals surface area contributed by atoms with E-state index in [9.17, 15) is 8.42 Å². The quantitative estimate of drug-likeness (QED) is 0.787. The van der Waals surface area contributed by atoms with E-state index in [1.807, 2.05) is 0 Å². The molecule has 1 atom stereocenters. The van der Waals surface area contributed by atoms with E-state index in [-0.39, 0.29) is 12.6 Å². The van der Waals surface area contributed by atoms with Gasteiger partial charge in [-0.1, -0.05) is 19.3 Å². The highest BCUT2D eigenvalue weighted by Gasteiger charge is 2.30. The van der Waals surface area contributed by atoms with Crippen LogP contribution in [0, 0.1) is 0 Å². The van der Waals surface area contributed by atoms with Crippen LogP contribution in [0.3, 0.4) is 0 Å².